The van der Waals surface area contributed by atoms with Gasteiger partial charge in [0.15, 0.2) is 0 Å². The van der Waals surface area contributed by atoms with Gasteiger partial charge in [0, 0.05) is 9.52 Å². The van der Waals surface area contributed by atoms with Crippen LogP contribution in [0.5, 0.6) is 0 Å². The Morgan fingerprint density at radius 1 is 0.500 bits per heavy atom. The minimum atomic E-state index is -0.826. The molecule has 0 nitrogen and oxygen atoms in total. The van der Waals surface area contributed by atoms with E-state index in [1.54, 1.807) is 11.1 Å². The van der Waals surface area contributed by atoms with Gasteiger partial charge in [0.2, 0.25) is 0 Å². The third-order valence-corrected chi connectivity index (χ3v) is 14.2. The van der Waals surface area contributed by atoms with Gasteiger partial charge in [0.05, 0.1) is 0 Å². The molecular formula is C60H80Cl2SiZr. The van der Waals surface area contributed by atoms with Crippen LogP contribution in [-0.2, 0) is 33.7 Å². The molecule has 0 aliphatic heterocycles. The van der Waals surface area contributed by atoms with Crippen LogP contribution in [0.25, 0.3) is 43.8 Å². The van der Waals surface area contributed by atoms with Crippen molar-refractivity contribution in [3.05, 3.63) is 130 Å². The zero-order valence-corrected chi connectivity index (χ0v) is 46.1. The fourth-order valence-electron chi connectivity index (χ4n) is 11.8. The van der Waals surface area contributed by atoms with E-state index < -0.39 is 20.8 Å². The molecule has 0 saturated heterocycles. The van der Waals surface area contributed by atoms with Crippen molar-refractivity contribution >= 4 is 48.1 Å². The van der Waals surface area contributed by atoms with E-state index in [1.165, 1.54) is 194 Å². The van der Waals surface area contributed by atoms with Crippen molar-refractivity contribution in [3.63, 3.8) is 0 Å². The molecule has 0 N–H and O–H groups in total. The van der Waals surface area contributed by atoms with E-state index in [2.05, 4.69) is 152 Å². The molecule has 0 bridgehead atoms. The molecule has 2 radical (unpaired) electrons. The van der Waals surface area contributed by atoms with E-state index in [9.17, 15) is 0 Å². The van der Waals surface area contributed by atoms with Crippen LogP contribution in [-0.4, -0.2) is 9.52 Å². The quantitative estimate of drug-likeness (QED) is 0.0948. The average Bonchev–Trinajstić information content (AvgIpc) is 3.84. The van der Waals surface area contributed by atoms with Crippen molar-refractivity contribution < 1.29 is 20.8 Å². The Morgan fingerprint density at radius 2 is 0.812 bits per heavy atom. The van der Waals surface area contributed by atoms with E-state index in [0.29, 0.717) is 10.8 Å². The Kier molecular flexibility index (Phi) is 22.2. The van der Waals surface area contributed by atoms with Gasteiger partial charge in [-0.25, -0.2) is 0 Å². The Bertz CT molecular complexity index is 2070. The summed E-state index contributed by atoms with van der Waals surface area (Å²) in [6.07, 6.45) is 28.0. The van der Waals surface area contributed by atoms with Crippen LogP contribution in [0.1, 0.15) is 163 Å². The summed E-state index contributed by atoms with van der Waals surface area (Å²) in [6, 6.07) is 37.5. The number of benzene rings is 4. The van der Waals surface area contributed by atoms with Crippen molar-refractivity contribution in [3.8, 4) is 22.3 Å². The molecule has 6 aromatic carbocycles. The van der Waals surface area contributed by atoms with Gasteiger partial charge in [0.25, 0.3) is 0 Å². The van der Waals surface area contributed by atoms with Crippen molar-refractivity contribution in [2.24, 2.45) is 10.8 Å². The van der Waals surface area contributed by atoms with Crippen molar-refractivity contribution in [2.75, 3.05) is 0 Å². The zero-order chi connectivity index (χ0) is 46.0. The number of halogens is 2. The summed E-state index contributed by atoms with van der Waals surface area (Å²) in [7, 11) is 11.0. The molecule has 4 heteroatoms. The molecule has 2 aliphatic carbocycles. The molecule has 8 rings (SSSR count). The predicted octanol–water partition coefficient (Wildman–Crippen LogP) is 20.0. The first-order chi connectivity index (χ1) is 31.0. The fraction of sp³-hybridized carbons (Fsp3) is 0.500. The van der Waals surface area contributed by atoms with E-state index in [1.807, 2.05) is 0 Å². The summed E-state index contributed by atoms with van der Waals surface area (Å²) in [4.78, 5) is 0. The molecular weight excluding hydrogens is 911 g/mol. The van der Waals surface area contributed by atoms with Crippen molar-refractivity contribution in [1.29, 1.82) is 0 Å². The molecule has 0 heterocycles. The number of hydrogen-bond donors (Lipinski definition) is 0. The van der Waals surface area contributed by atoms with Crippen LogP contribution < -0.4 is 0 Å². The standard InChI is InChI=1S/2C29H37.C2H6Si.2ClH.Zr/c2*1-4-13-29(14-8-6-5-7-9-15-29)21-24-19-25-11-10-12-27(28(25)20-24)26-17-22(2)16-23(3)18-26;1-3-2;;;/h2*10-12,16-20H,4-9,13-15,21H2,1-3H3;1-2H3;2*1H;/q2*-1;;;;+4/p-2. The van der Waals surface area contributed by atoms with Crippen LogP contribution >= 0.6 is 17.0 Å². The maximum absolute atomic E-state index is 4.93. The van der Waals surface area contributed by atoms with Gasteiger partial charge in [0.1, 0.15) is 0 Å². The second-order valence-electron chi connectivity index (χ2n) is 20.1. The second-order valence-corrected chi connectivity index (χ2v) is 24.8. The van der Waals surface area contributed by atoms with E-state index in [-0.39, 0.29) is 0 Å². The van der Waals surface area contributed by atoms with E-state index in [0.717, 1.165) is 9.52 Å². The summed E-state index contributed by atoms with van der Waals surface area (Å²) in [6.45, 7) is 17.9. The first-order valence-corrected chi connectivity index (χ1v) is 33.4. The summed E-state index contributed by atoms with van der Waals surface area (Å²) in [5.74, 6) is 0. The number of hydrogen-bond acceptors (Lipinski definition) is 0. The number of rotatable bonds is 10. The Labute approximate surface area is 412 Å². The zero-order valence-electron chi connectivity index (χ0n) is 41.1. The van der Waals surface area contributed by atoms with Gasteiger partial charge in [-0.2, -0.15) is 12.1 Å². The van der Waals surface area contributed by atoms with Crippen molar-refractivity contribution in [2.45, 2.75) is 183 Å². The monoisotopic (exact) mass is 988 g/mol. The molecule has 0 atom stereocenters. The average molecular weight is 992 g/mol. The SMILES string of the molecule is CCCC1(Cc2cc3c(-c4cc(C)cc(C)c4)cccc3[cH-]2)CCCCCCC1.CCCC1(Cc2cc3c(-c4cc(C)cc(C)c4)cccc3[cH-]2)CCCCCCC1.C[Si]C.[Cl][Zr+2][Cl]. The first-order valence-electron chi connectivity index (χ1n) is 25.1. The third kappa shape index (κ3) is 15.4. The molecule has 2 saturated carbocycles. The third-order valence-electron chi connectivity index (χ3n) is 14.2. The Morgan fingerprint density at radius 3 is 1.12 bits per heavy atom. The number of fused-ring (bicyclic) bond motifs is 2. The van der Waals surface area contributed by atoms with Gasteiger partial charge in [-0.05, 0) is 101 Å². The minimum absolute atomic E-state index is 0.527. The van der Waals surface area contributed by atoms with Gasteiger partial charge in [-0.15, -0.1) is 69.1 Å². The Hall–Kier alpha value is -2.22. The van der Waals surface area contributed by atoms with Gasteiger partial charge in [-0.1, -0.05) is 186 Å². The molecule has 2 aliphatic rings. The summed E-state index contributed by atoms with van der Waals surface area (Å²) < 4.78 is 0. The molecule has 0 aromatic heterocycles. The van der Waals surface area contributed by atoms with Crippen LogP contribution in [0.4, 0.5) is 0 Å². The fourth-order valence-corrected chi connectivity index (χ4v) is 11.8. The molecule has 2 fully saturated rings. The Balaban J connectivity index is 0.000000215. The van der Waals surface area contributed by atoms with Crippen molar-refractivity contribution in [1.82, 2.24) is 0 Å². The van der Waals surface area contributed by atoms with Gasteiger partial charge in [-0.3, -0.25) is 0 Å². The van der Waals surface area contributed by atoms with Crippen LogP contribution in [0.2, 0.25) is 13.1 Å². The first kappa shape index (κ1) is 52.7. The van der Waals surface area contributed by atoms with E-state index >= 15 is 0 Å². The molecule has 342 valence electrons. The summed E-state index contributed by atoms with van der Waals surface area (Å²) >= 11 is -0.826. The van der Waals surface area contributed by atoms with Gasteiger partial charge >= 0.3 is 37.9 Å². The van der Waals surface area contributed by atoms with Crippen LogP contribution in [0.3, 0.4) is 0 Å². The van der Waals surface area contributed by atoms with E-state index in [4.69, 9.17) is 17.0 Å². The molecule has 0 amide bonds. The summed E-state index contributed by atoms with van der Waals surface area (Å²) in [5.41, 5.74) is 15.1. The number of aryl methyl sites for hydroxylation is 4. The van der Waals surface area contributed by atoms with Gasteiger partial charge < -0.3 is 0 Å². The topological polar surface area (TPSA) is 0 Å². The van der Waals surface area contributed by atoms with Crippen LogP contribution in [0.15, 0.2) is 97.1 Å². The molecule has 0 unspecified atom stereocenters. The molecule has 0 spiro atoms. The maximum atomic E-state index is 4.93. The normalized spacial score (nSPS) is 16.0. The molecule has 64 heavy (non-hydrogen) atoms. The molecule has 6 aromatic rings. The predicted molar refractivity (Wildman–Crippen MR) is 285 cm³/mol. The summed E-state index contributed by atoms with van der Waals surface area (Å²) in [5, 5.41) is 5.69. The van der Waals surface area contributed by atoms with Crippen LogP contribution in [0, 0.1) is 38.5 Å². The second kappa shape index (κ2) is 26.9.